The predicted molar refractivity (Wildman–Crippen MR) is 149 cm³/mol. The molecule has 0 atom stereocenters. The molecule has 4 heterocycles. The van der Waals surface area contributed by atoms with Gasteiger partial charge in [-0.15, -0.1) is 0 Å². The molecule has 5 rings (SSSR count). The van der Waals surface area contributed by atoms with Gasteiger partial charge in [-0.2, -0.15) is 0 Å². The lowest BCUT2D eigenvalue weighted by Gasteiger charge is -2.35. The Labute approximate surface area is 227 Å². The van der Waals surface area contributed by atoms with E-state index in [0.717, 1.165) is 53.2 Å². The second-order valence-electron chi connectivity index (χ2n) is 10.6. The number of nitrogens with one attached hydrogen (secondary N) is 2. The third kappa shape index (κ3) is 6.26. The van der Waals surface area contributed by atoms with E-state index in [0.29, 0.717) is 30.6 Å². The van der Waals surface area contributed by atoms with Gasteiger partial charge < -0.3 is 24.7 Å². The van der Waals surface area contributed by atoms with Crippen LogP contribution in [-0.4, -0.2) is 79.7 Å². The molecule has 1 aliphatic rings. The SMILES string of the molecule is COc1c(C)ncnc1-c1ccc2nc(Nc3cc(CN4CCN(C(=O)OC(C)(C)C)CC4)ccn3)[nH]c2c1. The van der Waals surface area contributed by atoms with Gasteiger partial charge in [-0.1, -0.05) is 6.07 Å². The number of anilines is 2. The lowest BCUT2D eigenvalue weighted by atomic mass is 10.1. The largest absolute Gasteiger partial charge is 0.493 e. The number of fused-ring (bicyclic) bond motifs is 1. The van der Waals surface area contributed by atoms with Crippen LogP contribution in [0, 0.1) is 6.92 Å². The standard InChI is InChI=1S/C28H34N8O3/c1-18-25(38-5)24(31-17-30-18)20-6-7-21-22(15-20)33-26(32-21)34-23-14-19(8-9-29-23)16-35-10-12-36(13-11-35)27(37)39-28(2,3)4/h6-9,14-15,17H,10-13,16H2,1-5H3,(H2,29,32,33,34). The molecule has 4 aromatic rings. The van der Waals surface area contributed by atoms with Crippen molar-refractivity contribution in [1.29, 1.82) is 0 Å². The quantitative estimate of drug-likeness (QED) is 0.370. The van der Waals surface area contributed by atoms with E-state index in [2.05, 4.69) is 35.1 Å². The van der Waals surface area contributed by atoms with E-state index < -0.39 is 5.60 Å². The summed E-state index contributed by atoms with van der Waals surface area (Å²) in [6, 6.07) is 9.95. The minimum Gasteiger partial charge on any atom is -0.493 e. The number of methoxy groups -OCH3 is 1. The monoisotopic (exact) mass is 530 g/mol. The van der Waals surface area contributed by atoms with Crippen LogP contribution in [0.2, 0.25) is 0 Å². The predicted octanol–water partition coefficient (Wildman–Crippen LogP) is 4.53. The van der Waals surface area contributed by atoms with Crippen LogP contribution in [-0.2, 0) is 11.3 Å². The molecule has 0 radical (unpaired) electrons. The van der Waals surface area contributed by atoms with Crippen molar-refractivity contribution in [3.8, 4) is 17.0 Å². The minimum absolute atomic E-state index is 0.248. The lowest BCUT2D eigenvalue weighted by molar-refractivity contribution is 0.0139. The van der Waals surface area contributed by atoms with Gasteiger partial charge in [0.25, 0.3) is 0 Å². The fourth-order valence-corrected chi connectivity index (χ4v) is 4.56. The second-order valence-corrected chi connectivity index (χ2v) is 10.6. The molecule has 204 valence electrons. The summed E-state index contributed by atoms with van der Waals surface area (Å²) in [6.45, 7) is 11.2. The molecule has 0 bridgehead atoms. The van der Waals surface area contributed by atoms with E-state index in [1.807, 2.05) is 58.0 Å². The first-order chi connectivity index (χ1) is 18.7. The minimum atomic E-state index is -0.486. The van der Waals surface area contributed by atoms with Gasteiger partial charge >= 0.3 is 6.09 Å². The Hall–Kier alpha value is -4.25. The van der Waals surface area contributed by atoms with E-state index in [-0.39, 0.29) is 6.09 Å². The fourth-order valence-electron chi connectivity index (χ4n) is 4.56. The molecule has 39 heavy (non-hydrogen) atoms. The third-order valence-electron chi connectivity index (χ3n) is 6.44. The number of rotatable bonds is 6. The average molecular weight is 531 g/mol. The molecule has 0 saturated carbocycles. The van der Waals surface area contributed by atoms with Crippen molar-refractivity contribution in [2.45, 2.75) is 39.8 Å². The van der Waals surface area contributed by atoms with Gasteiger partial charge in [-0.05, 0) is 57.5 Å². The molecule has 0 spiro atoms. The summed E-state index contributed by atoms with van der Waals surface area (Å²) in [5.41, 5.74) is 4.76. The lowest BCUT2D eigenvalue weighted by Crippen LogP contribution is -2.49. The smallest absolute Gasteiger partial charge is 0.410 e. The number of hydrogen-bond acceptors (Lipinski definition) is 9. The number of imidazole rings is 1. The molecule has 1 aliphatic heterocycles. The van der Waals surface area contributed by atoms with Gasteiger partial charge in [-0.25, -0.2) is 24.7 Å². The van der Waals surface area contributed by atoms with Crippen molar-refractivity contribution in [2.75, 3.05) is 38.6 Å². The Morgan fingerprint density at radius 1 is 1.08 bits per heavy atom. The van der Waals surface area contributed by atoms with E-state index in [4.69, 9.17) is 9.47 Å². The van der Waals surface area contributed by atoms with Crippen LogP contribution >= 0.6 is 0 Å². The van der Waals surface area contributed by atoms with E-state index in [1.165, 1.54) is 6.33 Å². The van der Waals surface area contributed by atoms with Crippen molar-refractivity contribution in [3.05, 3.63) is 54.1 Å². The zero-order valence-corrected chi connectivity index (χ0v) is 23.0. The van der Waals surface area contributed by atoms with Gasteiger partial charge in [0.1, 0.15) is 23.4 Å². The molecule has 3 aromatic heterocycles. The van der Waals surface area contributed by atoms with Crippen molar-refractivity contribution in [2.24, 2.45) is 0 Å². The van der Waals surface area contributed by atoms with Crippen LogP contribution in [0.25, 0.3) is 22.3 Å². The maximum absolute atomic E-state index is 12.3. The van der Waals surface area contributed by atoms with Gasteiger partial charge in [-0.3, -0.25) is 4.90 Å². The van der Waals surface area contributed by atoms with Gasteiger partial charge in [0.2, 0.25) is 5.95 Å². The van der Waals surface area contributed by atoms with E-state index in [9.17, 15) is 4.79 Å². The topological polar surface area (TPSA) is 121 Å². The van der Waals surface area contributed by atoms with Crippen LogP contribution in [0.15, 0.2) is 42.9 Å². The molecule has 0 unspecified atom stereocenters. The number of carbonyl (C=O) groups is 1. The Kier molecular flexibility index (Phi) is 7.34. The molecule has 1 aromatic carbocycles. The van der Waals surface area contributed by atoms with Crippen LogP contribution in [0.3, 0.4) is 0 Å². The van der Waals surface area contributed by atoms with Crippen molar-refractivity contribution < 1.29 is 14.3 Å². The average Bonchev–Trinajstić information content (AvgIpc) is 3.29. The zero-order valence-electron chi connectivity index (χ0n) is 23.0. The number of carbonyl (C=O) groups excluding carboxylic acids is 1. The second kappa shape index (κ2) is 10.9. The highest BCUT2D eigenvalue weighted by Gasteiger charge is 2.26. The highest BCUT2D eigenvalue weighted by Crippen LogP contribution is 2.31. The van der Waals surface area contributed by atoms with Crippen LogP contribution in [0.5, 0.6) is 5.75 Å². The Morgan fingerprint density at radius 2 is 1.87 bits per heavy atom. The highest BCUT2D eigenvalue weighted by atomic mass is 16.6. The Balaban J connectivity index is 1.23. The fraction of sp³-hybridized carbons (Fsp3) is 0.393. The maximum Gasteiger partial charge on any atom is 0.410 e. The summed E-state index contributed by atoms with van der Waals surface area (Å²) < 4.78 is 11.0. The molecule has 0 aliphatic carbocycles. The summed E-state index contributed by atoms with van der Waals surface area (Å²) >= 11 is 0. The van der Waals surface area contributed by atoms with Gasteiger partial charge in [0, 0.05) is 44.5 Å². The maximum atomic E-state index is 12.3. The molecule has 11 nitrogen and oxygen atoms in total. The van der Waals surface area contributed by atoms with E-state index >= 15 is 0 Å². The number of H-pyrrole nitrogens is 1. The molecule has 1 saturated heterocycles. The zero-order chi connectivity index (χ0) is 27.6. The van der Waals surface area contributed by atoms with Crippen LogP contribution < -0.4 is 10.1 Å². The highest BCUT2D eigenvalue weighted by molar-refractivity contribution is 5.84. The third-order valence-corrected chi connectivity index (χ3v) is 6.44. The number of benzene rings is 1. The van der Waals surface area contributed by atoms with Crippen molar-refractivity contribution in [3.63, 3.8) is 0 Å². The number of nitrogens with zero attached hydrogens (tertiary/aromatic N) is 6. The first-order valence-corrected chi connectivity index (χ1v) is 13.0. The first kappa shape index (κ1) is 26.4. The summed E-state index contributed by atoms with van der Waals surface area (Å²) in [4.78, 5) is 37.6. The summed E-state index contributed by atoms with van der Waals surface area (Å²) in [5.74, 6) is 1.96. The summed E-state index contributed by atoms with van der Waals surface area (Å²) in [7, 11) is 1.62. The van der Waals surface area contributed by atoms with Crippen LogP contribution in [0.1, 0.15) is 32.0 Å². The number of hydrogen-bond donors (Lipinski definition) is 2. The van der Waals surface area contributed by atoms with E-state index in [1.54, 1.807) is 18.2 Å². The number of amides is 1. The number of piperazine rings is 1. The molecule has 2 N–H and O–H groups in total. The number of pyridine rings is 1. The normalized spacial score (nSPS) is 14.4. The van der Waals surface area contributed by atoms with Crippen molar-refractivity contribution in [1.82, 2.24) is 34.7 Å². The molecule has 1 amide bonds. The number of ether oxygens (including phenoxy) is 2. The number of aromatic amines is 1. The van der Waals surface area contributed by atoms with Crippen molar-refractivity contribution >= 4 is 28.9 Å². The van der Waals surface area contributed by atoms with Crippen LogP contribution in [0.4, 0.5) is 16.6 Å². The molecule has 11 heteroatoms. The van der Waals surface area contributed by atoms with Gasteiger partial charge in [0.15, 0.2) is 5.75 Å². The molecular formula is C28H34N8O3. The molecule has 1 fully saturated rings. The Bertz CT molecular complexity index is 1470. The first-order valence-electron chi connectivity index (χ1n) is 13.0. The number of aromatic nitrogens is 5. The van der Waals surface area contributed by atoms with Gasteiger partial charge in [0.05, 0.1) is 23.8 Å². The Morgan fingerprint density at radius 3 is 2.62 bits per heavy atom. The number of aryl methyl sites for hydroxylation is 1. The molecular weight excluding hydrogens is 496 g/mol. The summed E-state index contributed by atoms with van der Waals surface area (Å²) in [6.07, 6.45) is 3.08. The summed E-state index contributed by atoms with van der Waals surface area (Å²) in [5, 5.41) is 3.29.